The predicted molar refractivity (Wildman–Crippen MR) is 87.6 cm³/mol. The molecule has 0 radical (unpaired) electrons. The third-order valence-corrected chi connectivity index (χ3v) is 7.06. The molecular formula is C14H23N3O4S2. The quantitative estimate of drug-likeness (QED) is 0.703. The summed E-state index contributed by atoms with van der Waals surface area (Å²) >= 11 is 0. The first-order chi connectivity index (χ1) is 10.6. The van der Waals surface area contributed by atoms with Crippen LogP contribution < -0.4 is 15.6 Å². The third kappa shape index (κ3) is 3.92. The van der Waals surface area contributed by atoms with Gasteiger partial charge in [0.1, 0.15) is 0 Å². The van der Waals surface area contributed by atoms with Gasteiger partial charge in [-0.15, -0.1) is 0 Å². The summed E-state index contributed by atoms with van der Waals surface area (Å²) in [6, 6.07) is 5.02. The zero-order chi connectivity index (χ0) is 17.3. The Morgan fingerprint density at radius 3 is 2.43 bits per heavy atom. The average Bonchev–Trinajstić information content (AvgIpc) is 2.49. The van der Waals surface area contributed by atoms with E-state index in [1.54, 1.807) is 0 Å². The lowest BCUT2D eigenvalue weighted by Gasteiger charge is -2.42. The van der Waals surface area contributed by atoms with Crippen molar-refractivity contribution in [2.24, 2.45) is 16.8 Å². The molecule has 0 saturated heterocycles. The molecule has 2 atom stereocenters. The highest BCUT2D eigenvalue weighted by Crippen LogP contribution is 2.34. The molecule has 1 fully saturated rings. The zero-order valence-electron chi connectivity index (χ0n) is 13.0. The van der Waals surface area contributed by atoms with Gasteiger partial charge in [-0.2, -0.15) is 0 Å². The second-order valence-electron chi connectivity index (χ2n) is 6.13. The van der Waals surface area contributed by atoms with Gasteiger partial charge in [0.05, 0.1) is 9.79 Å². The van der Waals surface area contributed by atoms with Crippen LogP contribution in [0.2, 0.25) is 0 Å². The van der Waals surface area contributed by atoms with Gasteiger partial charge in [0.25, 0.3) is 0 Å². The number of nitrogens with one attached hydrogen (secondary N) is 1. The van der Waals surface area contributed by atoms with Crippen LogP contribution in [-0.4, -0.2) is 28.9 Å². The van der Waals surface area contributed by atoms with E-state index >= 15 is 0 Å². The van der Waals surface area contributed by atoms with Crippen LogP contribution >= 0.6 is 0 Å². The van der Waals surface area contributed by atoms with Crippen molar-refractivity contribution in [1.29, 1.82) is 0 Å². The van der Waals surface area contributed by atoms with E-state index in [0.29, 0.717) is 6.42 Å². The Hall–Kier alpha value is -1.00. The molecule has 1 aromatic carbocycles. The average molecular weight is 361 g/mol. The van der Waals surface area contributed by atoms with Crippen molar-refractivity contribution in [3.05, 3.63) is 24.3 Å². The summed E-state index contributed by atoms with van der Waals surface area (Å²) in [7, 11) is -7.86. The zero-order valence-corrected chi connectivity index (χ0v) is 14.7. The number of nitrogens with two attached hydrogens (primary N) is 2. The van der Waals surface area contributed by atoms with Gasteiger partial charge >= 0.3 is 0 Å². The molecule has 7 nitrogen and oxygen atoms in total. The number of sulfonamides is 2. The summed E-state index contributed by atoms with van der Waals surface area (Å²) < 4.78 is 50.9. The molecule has 0 aromatic heterocycles. The molecule has 0 heterocycles. The van der Waals surface area contributed by atoms with Crippen molar-refractivity contribution in [3.63, 3.8) is 0 Å². The normalized spacial score (nSPS) is 26.1. The Morgan fingerprint density at radius 2 is 1.87 bits per heavy atom. The lowest BCUT2D eigenvalue weighted by atomic mass is 9.74. The van der Waals surface area contributed by atoms with Gasteiger partial charge in [-0.3, -0.25) is 0 Å². The van der Waals surface area contributed by atoms with Crippen LogP contribution in [0.15, 0.2) is 34.1 Å². The fourth-order valence-electron chi connectivity index (χ4n) is 3.06. The van der Waals surface area contributed by atoms with Gasteiger partial charge in [0.15, 0.2) is 0 Å². The van der Waals surface area contributed by atoms with Crippen molar-refractivity contribution in [3.8, 4) is 0 Å². The van der Waals surface area contributed by atoms with Crippen LogP contribution in [0.3, 0.4) is 0 Å². The topological polar surface area (TPSA) is 132 Å². The van der Waals surface area contributed by atoms with Crippen molar-refractivity contribution in [2.75, 3.05) is 6.54 Å². The maximum absolute atomic E-state index is 12.7. The second kappa shape index (κ2) is 6.48. The van der Waals surface area contributed by atoms with Gasteiger partial charge in [0, 0.05) is 12.1 Å². The highest BCUT2D eigenvalue weighted by atomic mass is 32.2. The van der Waals surface area contributed by atoms with Gasteiger partial charge in [-0.25, -0.2) is 26.7 Å². The molecule has 1 aliphatic rings. The molecule has 2 unspecified atom stereocenters. The van der Waals surface area contributed by atoms with Crippen LogP contribution in [0.25, 0.3) is 0 Å². The molecule has 1 aromatic rings. The lowest BCUT2D eigenvalue weighted by molar-refractivity contribution is 0.191. The Labute approximate surface area is 137 Å². The van der Waals surface area contributed by atoms with Gasteiger partial charge in [-0.1, -0.05) is 25.8 Å². The number of benzene rings is 1. The van der Waals surface area contributed by atoms with Gasteiger partial charge in [0.2, 0.25) is 20.0 Å². The summed E-state index contributed by atoms with van der Waals surface area (Å²) in [4.78, 5) is -0.367. The summed E-state index contributed by atoms with van der Waals surface area (Å²) in [6.07, 6.45) is 3.52. The monoisotopic (exact) mass is 361 g/mol. The van der Waals surface area contributed by atoms with Crippen LogP contribution in [0, 0.1) is 5.92 Å². The van der Waals surface area contributed by atoms with Crippen LogP contribution in [0.5, 0.6) is 0 Å². The van der Waals surface area contributed by atoms with E-state index in [4.69, 9.17) is 10.9 Å². The first-order valence-electron chi connectivity index (χ1n) is 7.48. The van der Waals surface area contributed by atoms with E-state index in [1.165, 1.54) is 18.2 Å². The maximum atomic E-state index is 12.7. The Kier molecular flexibility index (Phi) is 5.17. The van der Waals surface area contributed by atoms with E-state index in [-0.39, 0.29) is 22.3 Å². The molecular weight excluding hydrogens is 338 g/mol. The molecule has 23 heavy (non-hydrogen) atoms. The summed E-state index contributed by atoms with van der Waals surface area (Å²) in [5.74, 6) is 0.109. The fourth-order valence-corrected chi connectivity index (χ4v) is 5.27. The minimum absolute atomic E-state index is 0.109. The van der Waals surface area contributed by atoms with Crippen molar-refractivity contribution in [2.45, 2.75) is 47.9 Å². The molecule has 130 valence electrons. The molecule has 0 amide bonds. The van der Waals surface area contributed by atoms with Crippen molar-refractivity contribution < 1.29 is 16.8 Å². The maximum Gasteiger partial charge on any atom is 0.241 e. The van der Waals surface area contributed by atoms with E-state index < -0.39 is 25.6 Å². The minimum Gasteiger partial charge on any atom is -0.329 e. The van der Waals surface area contributed by atoms with Crippen molar-refractivity contribution in [1.82, 2.24) is 4.72 Å². The molecule has 2 rings (SSSR count). The van der Waals surface area contributed by atoms with Crippen molar-refractivity contribution >= 4 is 20.0 Å². The van der Waals surface area contributed by atoms with Crippen LogP contribution in [0.4, 0.5) is 0 Å². The molecule has 9 heteroatoms. The standard InChI is InChI=1S/C14H23N3O4S2/c1-11-5-2-3-8-14(11,10-15)17-23(20,21)13-7-4-6-12(9-13)22(16,18)19/h4,6-7,9,11,17H,2-3,5,8,10,15H2,1H3,(H2,16,18,19). The number of primary sulfonamides is 1. The van der Waals surface area contributed by atoms with E-state index in [1.807, 2.05) is 6.92 Å². The molecule has 5 N–H and O–H groups in total. The van der Waals surface area contributed by atoms with E-state index in [0.717, 1.165) is 25.3 Å². The SMILES string of the molecule is CC1CCCCC1(CN)NS(=O)(=O)c1cccc(S(N)(=O)=O)c1. The highest BCUT2D eigenvalue weighted by molar-refractivity contribution is 7.90. The largest absolute Gasteiger partial charge is 0.329 e. The first kappa shape index (κ1) is 18.3. The van der Waals surface area contributed by atoms with E-state index in [9.17, 15) is 16.8 Å². The highest BCUT2D eigenvalue weighted by Gasteiger charge is 2.40. The first-order valence-corrected chi connectivity index (χ1v) is 10.5. The second-order valence-corrected chi connectivity index (χ2v) is 9.38. The van der Waals surface area contributed by atoms with Crippen LogP contribution in [0.1, 0.15) is 32.6 Å². The number of hydrogen-bond donors (Lipinski definition) is 3. The third-order valence-electron chi connectivity index (χ3n) is 4.60. The lowest BCUT2D eigenvalue weighted by Crippen LogP contribution is -2.58. The predicted octanol–water partition coefficient (Wildman–Crippen LogP) is 0.520. The number of hydrogen-bond acceptors (Lipinski definition) is 5. The minimum atomic E-state index is -3.97. The molecule has 0 bridgehead atoms. The fraction of sp³-hybridized carbons (Fsp3) is 0.571. The smallest absolute Gasteiger partial charge is 0.241 e. The Morgan fingerprint density at radius 1 is 1.22 bits per heavy atom. The van der Waals surface area contributed by atoms with Crippen LogP contribution in [-0.2, 0) is 20.0 Å². The molecule has 0 aliphatic heterocycles. The summed E-state index contributed by atoms with van der Waals surface area (Å²) in [5, 5.41) is 5.06. The summed E-state index contributed by atoms with van der Waals surface area (Å²) in [6.45, 7) is 2.18. The molecule has 1 aliphatic carbocycles. The van der Waals surface area contributed by atoms with E-state index in [2.05, 4.69) is 4.72 Å². The molecule has 0 spiro atoms. The van der Waals surface area contributed by atoms with Gasteiger partial charge < -0.3 is 5.73 Å². The summed E-state index contributed by atoms with van der Waals surface area (Å²) in [5.41, 5.74) is 5.17. The van der Waals surface area contributed by atoms with Gasteiger partial charge in [-0.05, 0) is 37.0 Å². The Balaban J connectivity index is 2.39. The number of rotatable bonds is 5. The Bertz CT molecular complexity index is 777. The molecule has 1 saturated carbocycles.